The standard InChI is InChI=1S/C12H17BrN2O/c1-4-12(3,14)11(16)15-10-7-9(13)6-5-8(10)2/h5-7H,4,14H2,1-3H3,(H,15,16). The van der Waals surface area contributed by atoms with Crippen LogP contribution in [0.5, 0.6) is 0 Å². The number of benzene rings is 1. The second-order valence-corrected chi connectivity index (χ2v) is 5.10. The number of anilines is 1. The molecule has 0 bridgehead atoms. The Bertz CT molecular complexity index is 402. The summed E-state index contributed by atoms with van der Waals surface area (Å²) in [5.41, 5.74) is 6.86. The van der Waals surface area contributed by atoms with Crippen LogP contribution in [0, 0.1) is 6.92 Å². The van der Waals surface area contributed by atoms with E-state index in [2.05, 4.69) is 21.2 Å². The first-order valence-electron chi connectivity index (χ1n) is 5.23. The minimum absolute atomic E-state index is 0.156. The third-order valence-electron chi connectivity index (χ3n) is 2.70. The van der Waals surface area contributed by atoms with Gasteiger partial charge in [0.25, 0.3) is 0 Å². The molecule has 0 aromatic heterocycles. The monoisotopic (exact) mass is 284 g/mol. The highest BCUT2D eigenvalue weighted by Gasteiger charge is 2.26. The van der Waals surface area contributed by atoms with Crippen molar-refractivity contribution >= 4 is 27.5 Å². The van der Waals surface area contributed by atoms with Crippen molar-refractivity contribution in [3.8, 4) is 0 Å². The summed E-state index contributed by atoms with van der Waals surface area (Å²) >= 11 is 3.37. The summed E-state index contributed by atoms with van der Waals surface area (Å²) in [7, 11) is 0. The zero-order valence-corrected chi connectivity index (χ0v) is 11.4. The molecule has 0 saturated carbocycles. The summed E-state index contributed by atoms with van der Waals surface area (Å²) in [5, 5.41) is 2.85. The Morgan fingerprint density at radius 2 is 2.19 bits per heavy atom. The van der Waals surface area contributed by atoms with Crippen molar-refractivity contribution in [2.45, 2.75) is 32.7 Å². The average molecular weight is 285 g/mol. The molecular formula is C12H17BrN2O. The zero-order valence-electron chi connectivity index (χ0n) is 9.80. The van der Waals surface area contributed by atoms with Crippen LogP contribution in [-0.4, -0.2) is 11.4 Å². The maximum absolute atomic E-state index is 11.9. The van der Waals surface area contributed by atoms with Gasteiger partial charge < -0.3 is 11.1 Å². The Morgan fingerprint density at radius 1 is 1.56 bits per heavy atom. The van der Waals surface area contributed by atoms with Crippen LogP contribution < -0.4 is 11.1 Å². The number of hydrogen-bond acceptors (Lipinski definition) is 2. The number of rotatable bonds is 3. The maximum Gasteiger partial charge on any atom is 0.244 e. The van der Waals surface area contributed by atoms with Crippen molar-refractivity contribution in [1.82, 2.24) is 0 Å². The lowest BCUT2D eigenvalue weighted by atomic mass is 9.99. The molecule has 0 aliphatic rings. The van der Waals surface area contributed by atoms with E-state index >= 15 is 0 Å². The normalized spacial score (nSPS) is 14.3. The van der Waals surface area contributed by atoms with Gasteiger partial charge >= 0.3 is 0 Å². The summed E-state index contributed by atoms with van der Waals surface area (Å²) in [4.78, 5) is 11.9. The highest BCUT2D eigenvalue weighted by Crippen LogP contribution is 2.21. The third-order valence-corrected chi connectivity index (χ3v) is 3.19. The van der Waals surface area contributed by atoms with E-state index in [9.17, 15) is 4.79 Å². The van der Waals surface area contributed by atoms with Gasteiger partial charge in [0.1, 0.15) is 0 Å². The van der Waals surface area contributed by atoms with Gasteiger partial charge in [0, 0.05) is 10.2 Å². The molecule has 1 amide bonds. The van der Waals surface area contributed by atoms with Crippen molar-refractivity contribution in [2.24, 2.45) is 5.73 Å². The summed E-state index contributed by atoms with van der Waals surface area (Å²) in [6, 6.07) is 5.75. The number of halogens is 1. The van der Waals surface area contributed by atoms with E-state index in [0.717, 1.165) is 15.7 Å². The molecule has 1 atom stereocenters. The number of carbonyl (C=O) groups is 1. The van der Waals surface area contributed by atoms with Crippen LogP contribution in [0.3, 0.4) is 0 Å². The predicted molar refractivity (Wildman–Crippen MR) is 70.4 cm³/mol. The van der Waals surface area contributed by atoms with Crippen molar-refractivity contribution in [3.05, 3.63) is 28.2 Å². The fourth-order valence-corrected chi connectivity index (χ4v) is 1.52. The van der Waals surface area contributed by atoms with Crippen molar-refractivity contribution in [1.29, 1.82) is 0 Å². The molecule has 0 aliphatic carbocycles. The van der Waals surface area contributed by atoms with Crippen LogP contribution in [0.1, 0.15) is 25.8 Å². The van der Waals surface area contributed by atoms with Crippen molar-refractivity contribution in [2.75, 3.05) is 5.32 Å². The molecule has 1 aromatic carbocycles. The average Bonchev–Trinajstić information content (AvgIpc) is 2.23. The molecule has 1 unspecified atom stereocenters. The Balaban J connectivity index is 2.89. The highest BCUT2D eigenvalue weighted by atomic mass is 79.9. The van der Waals surface area contributed by atoms with E-state index in [1.807, 2.05) is 32.0 Å². The first kappa shape index (κ1) is 13.2. The summed E-state index contributed by atoms with van der Waals surface area (Å²) in [5.74, 6) is -0.156. The maximum atomic E-state index is 11.9. The molecule has 0 radical (unpaired) electrons. The Kier molecular flexibility index (Phi) is 4.10. The fourth-order valence-electron chi connectivity index (χ4n) is 1.15. The molecular weight excluding hydrogens is 268 g/mol. The number of nitrogens with one attached hydrogen (secondary N) is 1. The Morgan fingerprint density at radius 3 is 2.75 bits per heavy atom. The molecule has 88 valence electrons. The topological polar surface area (TPSA) is 55.1 Å². The van der Waals surface area contributed by atoms with E-state index in [-0.39, 0.29) is 5.91 Å². The SMILES string of the molecule is CCC(C)(N)C(=O)Nc1cc(Br)ccc1C. The fraction of sp³-hybridized carbons (Fsp3) is 0.417. The van der Waals surface area contributed by atoms with Crippen LogP contribution in [0.15, 0.2) is 22.7 Å². The van der Waals surface area contributed by atoms with Crippen LogP contribution >= 0.6 is 15.9 Å². The molecule has 0 spiro atoms. The Labute approximate surface area is 105 Å². The molecule has 0 heterocycles. The van der Waals surface area contributed by atoms with Crippen LogP contribution in [0.4, 0.5) is 5.69 Å². The lowest BCUT2D eigenvalue weighted by Crippen LogP contribution is -2.47. The van der Waals surface area contributed by atoms with Gasteiger partial charge in [-0.1, -0.05) is 28.9 Å². The van der Waals surface area contributed by atoms with E-state index in [0.29, 0.717) is 6.42 Å². The summed E-state index contributed by atoms with van der Waals surface area (Å²) in [6.45, 7) is 5.57. The molecule has 0 fully saturated rings. The first-order chi connectivity index (χ1) is 7.36. The zero-order chi connectivity index (χ0) is 12.3. The lowest BCUT2D eigenvalue weighted by molar-refractivity contribution is -0.120. The van der Waals surface area contributed by atoms with Crippen LogP contribution in [-0.2, 0) is 4.79 Å². The highest BCUT2D eigenvalue weighted by molar-refractivity contribution is 9.10. The molecule has 3 nitrogen and oxygen atoms in total. The van der Waals surface area contributed by atoms with Crippen molar-refractivity contribution in [3.63, 3.8) is 0 Å². The second kappa shape index (κ2) is 4.97. The van der Waals surface area contributed by atoms with Crippen LogP contribution in [0.2, 0.25) is 0 Å². The molecule has 1 aromatic rings. The molecule has 4 heteroatoms. The quantitative estimate of drug-likeness (QED) is 0.897. The van der Waals surface area contributed by atoms with Gasteiger partial charge in [-0.2, -0.15) is 0 Å². The second-order valence-electron chi connectivity index (χ2n) is 4.18. The van der Waals surface area contributed by atoms with Gasteiger partial charge in [-0.05, 0) is 38.0 Å². The van der Waals surface area contributed by atoms with E-state index in [4.69, 9.17) is 5.73 Å². The van der Waals surface area contributed by atoms with Gasteiger partial charge in [-0.25, -0.2) is 0 Å². The number of amides is 1. The van der Waals surface area contributed by atoms with Gasteiger partial charge in [-0.3, -0.25) is 4.79 Å². The smallest absolute Gasteiger partial charge is 0.244 e. The molecule has 1 rings (SSSR count). The molecule has 0 saturated heterocycles. The number of aryl methyl sites for hydroxylation is 1. The largest absolute Gasteiger partial charge is 0.324 e. The van der Waals surface area contributed by atoms with Crippen molar-refractivity contribution < 1.29 is 4.79 Å². The minimum atomic E-state index is -0.825. The predicted octanol–water partition coefficient (Wildman–Crippen LogP) is 2.82. The summed E-state index contributed by atoms with van der Waals surface area (Å²) < 4.78 is 0.934. The van der Waals surface area contributed by atoms with Gasteiger partial charge in [0.15, 0.2) is 0 Å². The third kappa shape index (κ3) is 3.06. The number of hydrogen-bond donors (Lipinski definition) is 2. The first-order valence-corrected chi connectivity index (χ1v) is 6.02. The van der Waals surface area contributed by atoms with E-state index < -0.39 is 5.54 Å². The van der Waals surface area contributed by atoms with Crippen LogP contribution in [0.25, 0.3) is 0 Å². The Hall–Kier alpha value is -0.870. The molecule has 3 N–H and O–H groups in total. The minimum Gasteiger partial charge on any atom is -0.324 e. The van der Waals surface area contributed by atoms with Gasteiger partial charge in [0.2, 0.25) is 5.91 Å². The van der Waals surface area contributed by atoms with Gasteiger partial charge in [-0.15, -0.1) is 0 Å². The van der Waals surface area contributed by atoms with E-state index in [1.165, 1.54) is 0 Å². The number of nitrogens with two attached hydrogens (primary N) is 1. The summed E-state index contributed by atoms with van der Waals surface area (Å²) in [6.07, 6.45) is 0.603. The number of carbonyl (C=O) groups excluding carboxylic acids is 1. The lowest BCUT2D eigenvalue weighted by Gasteiger charge is -2.22. The molecule has 16 heavy (non-hydrogen) atoms. The van der Waals surface area contributed by atoms with E-state index in [1.54, 1.807) is 6.92 Å². The molecule has 0 aliphatic heterocycles. The van der Waals surface area contributed by atoms with Gasteiger partial charge in [0.05, 0.1) is 5.54 Å².